The fraction of sp³-hybridized carbons (Fsp3) is 0.600. The number of hydrogen-bond acceptors (Lipinski definition) is 3. The Labute approximate surface area is 119 Å². The van der Waals surface area contributed by atoms with E-state index in [1.54, 1.807) is 12.3 Å². The number of aryl methyl sites for hydroxylation is 1. The lowest BCUT2D eigenvalue weighted by Crippen LogP contribution is -2.43. The van der Waals surface area contributed by atoms with Crippen LogP contribution in [0.5, 0.6) is 0 Å². The van der Waals surface area contributed by atoms with Gasteiger partial charge in [-0.2, -0.15) is 0 Å². The normalized spacial score (nSPS) is 22.9. The van der Waals surface area contributed by atoms with Gasteiger partial charge in [0.15, 0.2) is 0 Å². The number of amides is 1. The van der Waals surface area contributed by atoms with Gasteiger partial charge in [-0.1, -0.05) is 19.3 Å². The van der Waals surface area contributed by atoms with Crippen LogP contribution in [0.25, 0.3) is 0 Å². The SMILES string of the molecule is COC(=O)[C@H]1CCCCC[C@H]1NC(=O)c1cc[nH]c1C. The smallest absolute Gasteiger partial charge is 0.310 e. The molecule has 0 aliphatic heterocycles. The van der Waals surface area contributed by atoms with Gasteiger partial charge in [-0.05, 0) is 25.8 Å². The van der Waals surface area contributed by atoms with Crippen LogP contribution < -0.4 is 5.32 Å². The van der Waals surface area contributed by atoms with Gasteiger partial charge in [-0.3, -0.25) is 9.59 Å². The summed E-state index contributed by atoms with van der Waals surface area (Å²) in [5.74, 6) is -0.571. The molecule has 110 valence electrons. The number of carbonyl (C=O) groups is 2. The van der Waals surface area contributed by atoms with Crippen LogP contribution in [0.3, 0.4) is 0 Å². The van der Waals surface area contributed by atoms with Crippen molar-refractivity contribution in [3.05, 3.63) is 23.5 Å². The molecule has 1 aliphatic rings. The Balaban J connectivity index is 2.09. The molecule has 0 unspecified atom stereocenters. The van der Waals surface area contributed by atoms with Crippen LogP contribution in [0.2, 0.25) is 0 Å². The Hall–Kier alpha value is -1.78. The Morgan fingerprint density at radius 1 is 1.30 bits per heavy atom. The minimum Gasteiger partial charge on any atom is -0.469 e. The van der Waals surface area contributed by atoms with E-state index in [2.05, 4.69) is 10.3 Å². The molecule has 0 radical (unpaired) electrons. The number of carbonyl (C=O) groups excluding carboxylic acids is 2. The maximum atomic E-state index is 12.3. The average Bonchev–Trinajstić information content (AvgIpc) is 2.74. The molecule has 20 heavy (non-hydrogen) atoms. The first-order valence-electron chi connectivity index (χ1n) is 7.16. The average molecular weight is 278 g/mol. The molecule has 1 heterocycles. The lowest BCUT2D eigenvalue weighted by atomic mass is 9.94. The van der Waals surface area contributed by atoms with Gasteiger partial charge in [0.1, 0.15) is 0 Å². The van der Waals surface area contributed by atoms with Gasteiger partial charge in [0, 0.05) is 17.9 Å². The van der Waals surface area contributed by atoms with Crippen molar-refractivity contribution in [1.82, 2.24) is 10.3 Å². The summed E-state index contributed by atoms with van der Waals surface area (Å²) in [6.45, 7) is 1.86. The van der Waals surface area contributed by atoms with E-state index in [0.29, 0.717) is 5.56 Å². The summed E-state index contributed by atoms with van der Waals surface area (Å²) in [5.41, 5.74) is 1.48. The van der Waals surface area contributed by atoms with E-state index < -0.39 is 0 Å². The van der Waals surface area contributed by atoms with E-state index in [0.717, 1.165) is 37.8 Å². The molecule has 5 heteroatoms. The van der Waals surface area contributed by atoms with Crippen molar-refractivity contribution in [3.63, 3.8) is 0 Å². The molecule has 1 amide bonds. The van der Waals surface area contributed by atoms with E-state index in [1.807, 2.05) is 6.92 Å². The maximum absolute atomic E-state index is 12.3. The predicted octanol–water partition coefficient (Wildman–Crippen LogP) is 2.17. The zero-order chi connectivity index (χ0) is 14.5. The predicted molar refractivity (Wildman–Crippen MR) is 75.4 cm³/mol. The third kappa shape index (κ3) is 3.21. The van der Waals surface area contributed by atoms with Gasteiger partial charge in [0.2, 0.25) is 0 Å². The van der Waals surface area contributed by atoms with Crippen molar-refractivity contribution in [3.8, 4) is 0 Å². The molecule has 1 aliphatic carbocycles. The fourth-order valence-corrected chi connectivity index (χ4v) is 2.86. The van der Waals surface area contributed by atoms with E-state index >= 15 is 0 Å². The summed E-state index contributed by atoms with van der Waals surface area (Å²) in [4.78, 5) is 27.2. The first kappa shape index (κ1) is 14.6. The van der Waals surface area contributed by atoms with E-state index in [1.165, 1.54) is 7.11 Å². The van der Waals surface area contributed by atoms with Crippen molar-refractivity contribution in [2.45, 2.75) is 45.1 Å². The molecule has 2 N–H and O–H groups in total. The highest BCUT2D eigenvalue weighted by atomic mass is 16.5. The molecule has 1 aromatic heterocycles. The molecule has 2 rings (SSSR count). The topological polar surface area (TPSA) is 71.2 Å². The van der Waals surface area contributed by atoms with Crippen LogP contribution in [-0.2, 0) is 9.53 Å². The lowest BCUT2D eigenvalue weighted by molar-refractivity contribution is -0.146. The standard InChI is InChI=1S/C15H22N2O3/c1-10-11(8-9-16-10)14(18)17-13-7-5-3-4-6-12(13)15(19)20-2/h8-9,12-13,16H,3-7H2,1-2H3,(H,17,18)/t12-,13+/m0/s1. The molecule has 0 aromatic carbocycles. The van der Waals surface area contributed by atoms with Gasteiger partial charge < -0.3 is 15.0 Å². The second kappa shape index (κ2) is 6.59. The number of rotatable bonds is 3. The molecule has 0 saturated heterocycles. The number of nitrogens with one attached hydrogen (secondary N) is 2. The van der Waals surface area contributed by atoms with Crippen molar-refractivity contribution < 1.29 is 14.3 Å². The number of H-pyrrole nitrogens is 1. The minimum absolute atomic E-state index is 0.121. The Morgan fingerprint density at radius 3 is 2.70 bits per heavy atom. The third-order valence-electron chi connectivity index (χ3n) is 4.03. The molecule has 5 nitrogen and oxygen atoms in total. The van der Waals surface area contributed by atoms with Gasteiger partial charge in [0.05, 0.1) is 18.6 Å². The van der Waals surface area contributed by atoms with Crippen LogP contribution in [0.4, 0.5) is 0 Å². The molecule has 1 aromatic rings. The Morgan fingerprint density at radius 2 is 2.05 bits per heavy atom. The molecular weight excluding hydrogens is 256 g/mol. The van der Waals surface area contributed by atoms with Crippen LogP contribution in [0.15, 0.2) is 12.3 Å². The zero-order valence-electron chi connectivity index (χ0n) is 12.1. The molecular formula is C15H22N2O3. The lowest BCUT2D eigenvalue weighted by Gasteiger charge is -2.24. The highest BCUT2D eigenvalue weighted by molar-refractivity contribution is 5.95. The van der Waals surface area contributed by atoms with Crippen LogP contribution in [0.1, 0.15) is 48.2 Å². The quantitative estimate of drug-likeness (QED) is 0.657. The number of aromatic nitrogens is 1. The Bertz CT molecular complexity index is 481. The van der Waals surface area contributed by atoms with Crippen LogP contribution >= 0.6 is 0 Å². The summed E-state index contributed by atoms with van der Waals surface area (Å²) in [7, 11) is 1.41. The van der Waals surface area contributed by atoms with E-state index in [9.17, 15) is 9.59 Å². The number of ether oxygens (including phenoxy) is 1. The second-order valence-electron chi connectivity index (χ2n) is 5.36. The number of esters is 1. The summed E-state index contributed by atoms with van der Waals surface area (Å²) in [6, 6.07) is 1.63. The first-order valence-corrected chi connectivity index (χ1v) is 7.16. The van der Waals surface area contributed by atoms with Crippen molar-refractivity contribution >= 4 is 11.9 Å². The highest BCUT2D eigenvalue weighted by Crippen LogP contribution is 2.25. The largest absolute Gasteiger partial charge is 0.469 e. The number of aromatic amines is 1. The van der Waals surface area contributed by atoms with Gasteiger partial charge in [-0.15, -0.1) is 0 Å². The fourth-order valence-electron chi connectivity index (χ4n) is 2.86. The summed E-state index contributed by atoms with van der Waals surface area (Å²) in [5, 5.41) is 3.01. The van der Waals surface area contributed by atoms with Gasteiger partial charge in [-0.25, -0.2) is 0 Å². The monoisotopic (exact) mass is 278 g/mol. The summed E-state index contributed by atoms with van der Waals surface area (Å²) in [6.07, 6.45) is 6.50. The summed E-state index contributed by atoms with van der Waals surface area (Å²) >= 11 is 0. The number of hydrogen-bond donors (Lipinski definition) is 2. The van der Waals surface area contributed by atoms with Gasteiger partial charge in [0.25, 0.3) is 5.91 Å². The molecule has 1 saturated carbocycles. The minimum atomic E-state index is -0.231. The van der Waals surface area contributed by atoms with Crippen LogP contribution in [-0.4, -0.2) is 30.0 Å². The Kier molecular flexibility index (Phi) is 4.82. The molecule has 2 atom stereocenters. The van der Waals surface area contributed by atoms with Crippen molar-refractivity contribution in [1.29, 1.82) is 0 Å². The second-order valence-corrected chi connectivity index (χ2v) is 5.36. The zero-order valence-corrected chi connectivity index (χ0v) is 12.1. The maximum Gasteiger partial charge on any atom is 0.310 e. The number of methoxy groups -OCH3 is 1. The molecule has 1 fully saturated rings. The summed E-state index contributed by atoms with van der Waals surface area (Å²) < 4.78 is 4.88. The first-order chi connectivity index (χ1) is 9.63. The molecule has 0 spiro atoms. The molecule has 0 bridgehead atoms. The van der Waals surface area contributed by atoms with Crippen LogP contribution in [0, 0.1) is 12.8 Å². The third-order valence-corrected chi connectivity index (χ3v) is 4.03. The highest BCUT2D eigenvalue weighted by Gasteiger charge is 2.31. The van der Waals surface area contributed by atoms with E-state index in [4.69, 9.17) is 4.74 Å². The van der Waals surface area contributed by atoms with Crippen molar-refractivity contribution in [2.75, 3.05) is 7.11 Å². The van der Waals surface area contributed by atoms with Gasteiger partial charge >= 0.3 is 5.97 Å². The van der Waals surface area contributed by atoms with Crippen molar-refractivity contribution in [2.24, 2.45) is 5.92 Å². The van der Waals surface area contributed by atoms with E-state index in [-0.39, 0.29) is 23.8 Å².